The first-order valence-electron chi connectivity index (χ1n) is 7.30. The number of hydrogen-bond donors (Lipinski definition) is 2. The number of aryl methyl sites for hydroxylation is 1. The summed E-state index contributed by atoms with van der Waals surface area (Å²) in [5.74, 6) is 0.738. The number of carbonyl (C=O) groups excluding carboxylic acids is 1. The lowest BCUT2D eigenvalue weighted by atomic mass is 10.1. The smallest absolute Gasteiger partial charge is 0.315 e. The molecule has 2 aromatic rings. The van der Waals surface area contributed by atoms with Crippen molar-refractivity contribution in [2.75, 3.05) is 13.7 Å². The molecule has 1 aromatic carbocycles. The first kappa shape index (κ1) is 17.3. The highest BCUT2D eigenvalue weighted by Crippen LogP contribution is 2.22. The number of methoxy groups -OCH3 is 1. The number of ether oxygens (including phenoxy) is 1. The van der Waals surface area contributed by atoms with Crippen molar-refractivity contribution in [2.24, 2.45) is 7.05 Å². The van der Waals surface area contributed by atoms with E-state index >= 15 is 0 Å². The van der Waals surface area contributed by atoms with Gasteiger partial charge in [0.15, 0.2) is 0 Å². The van der Waals surface area contributed by atoms with Crippen LogP contribution in [-0.2, 0) is 11.8 Å². The number of carbonyl (C=O) groups is 1. The van der Waals surface area contributed by atoms with E-state index in [9.17, 15) is 4.79 Å². The Morgan fingerprint density at radius 1 is 1.35 bits per heavy atom. The second-order valence-electron chi connectivity index (χ2n) is 5.36. The zero-order valence-corrected chi connectivity index (χ0v) is 14.2. The van der Waals surface area contributed by atoms with Crippen LogP contribution < -0.4 is 10.6 Å². The van der Waals surface area contributed by atoms with Gasteiger partial charge in [-0.3, -0.25) is 0 Å². The highest BCUT2D eigenvalue weighted by Gasteiger charge is 2.21. The lowest BCUT2D eigenvalue weighted by Crippen LogP contribution is -2.44. The summed E-state index contributed by atoms with van der Waals surface area (Å²) in [4.78, 5) is 16.6. The molecule has 0 spiro atoms. The van der Waals surface area contributed by atoms with Gasteiger partial charge >= 0.3 is 6.03 Å². The summed E-state index contributed by atoms with van der Waals surface area (Å²) >= 11 is 5.95. The third-order valence-electron chi connectivity index (χ3n) is 3.39. The van der Waals surface area contributed by atoms with Crippen molar-refractivity contribution in [3.05, 3.63) is 53.1 Å². The van der Waals surface area contributed by atoms with Gasteiger partial charge in [-0.25, -0.2) is 9.78 Å². The summed E-state index contributed by atoms with van der Waals surface area (Å²) < 4.78 is 6.90. The maximum Gasteiger partial charge on any atom is 0.315 e. The van der Waals surface area contributed by atoms with E-state index in [1.54, 1.807) is 25.4 Å². The topological polar surface area (TPSA) is 68.2 Å². The maximum absolute atomic E-state index is 12.2. The maximum atomic E-state index is 12.2. The van der Waals surface area contributed by atoms with Crippen LogP contribution in [-0.4, -0.2) is 35.3 Å². The van der Waals surface area contributed by atoms with Gasteiger partial charge in [0, 0.05) is 31.6 Å². The first-order valence-corrected chi connectivity index (χ1v) is 7.67. The normalized spacial score (nSPS) is 13.4. The molecule has 0 saturated heterocycles. The van der Waals surface area contributed by atoms with Crippen LogP contribution in [0.1, 0.15) is 24.4 Å². The second-order valence-corrected chi connectivity index (χ2v) is 5.79. The molecular formula is C16H21ClN4O2. The van der Waals surface area contributed by atoms with E-state index in [4.69, 9.17) is 16.3 Å². The molecule has 6 nitrogen and oxygen atoms in total. The van der Waals surface area contributed by atoms with Crippen LogP contribution in [0.4, 0.5) is 4.79 Å². The predicted octanol–water partition coefficient (Wildman–Crippen LogP) is 2.50. The van der Waals surface area contributed by atoms with Gasteiger partial charge < -0.3 is 19.9 Å². The summed E-state index contributed by atoms with van der Waals surface area (Å²) in [6, 6.07) is 6.59. The molecule has 0 saturated carbocycles. The third-order valence-corrected chi connectivity index (χ3v) is 3.64. The summed E-state index contributed by atoms with van der Waals surface area (Å²) in [5.41, 5.74) is 0.901. The molecule has 0 fully saturated rings. The average Bonchev–Trinajstić information content (AvgIpc) is 2.92. The van der Waals surface area contributed by atoms with Crippen LogP contribution in [0.15, 0.2) is 36.7 Å². The summed E-state index contributed by atoms with van der Waals surface area (Å²) in [6.07, 6.45) is 3.54. The molecule has 1 heterocycles. The van der Waals surface area contributed by atoms with Crippen molar-refractivity contribution in [2.45, 2.75) is 19.0 Å². The number of benzene rings is 1. The molecule has 23 heavy (non-hydrogen) atoms. The molecule has 7 heteroatoms. The van der Waals surface area contributed by atoms with Crippen LogP contribution in [0.2, 0.25) is 5.02 Å². The SMILES string of the molecule is COC[C@H](C)NC(=O)N[C@H](c1ccc(Cl)cc1)c1nccn1C. The summed E-state index contributed by atoms with van der Waals surface area (Å²) in [7, 11) is 3.48. The highest BCUT2D eigenvalue weighted by molar-refractivity contribution is 6.30. The molecule has 0 unspecified atom stereocenters. The van der Waals surface area contributed by atoms with Gasteiger partial charge in [0.05, 0.1) is 12.6 Å². The fourth-order valence-corrected chi connectivity index (χ4v) is 2.42. The van der Waals surface area contributed by atoms with Crippen molar-refractivity contribution in [1.29, 1.82) is 0 Å². The minimum absolute atomic E-state index is 0.0905. The summed E-state index contributed by atoms with van der Waals surface area (Å²) in [5, 5.41) is 6.43. The lowest BCUT2D eigenvalue weighted by Gasteiger charge is -2.21. The molecule has 1 aromatic heterocycles. The zero-order valence-electron chi connectivity index (χ0n) is 13.4. The van der Waals surface area contributed by atoms with Crippen LogP contribution in [0.5, 0.6) is 0 Å². The molecule has 2 amide bonds. The number of rotatable bonds is 6. The molecule has 0 bridgehead atoms. The molecule has 0 aliphatic heterocycles. The zero-order chi connectivity index (χ0) is 16.8. The van der Waals surface area contributed by atoms with Gasteiger partial charge in [-0.05, 0) is 24.6 Å². The van der Waals surface area contributed by atoms with Crippen molar-refractivity contribution >= 4 is 17.6 Å². The van der Waals surface area contributed by atoms with Gasteiger partial charge in [-0.1, -0.05) is 23.7 Å². The molecule has 2 atom stereocenters. The molecular weight excluding hydrogens is 316 g/mol. The van der Waals surface area contributed by atoms with Crippen LogP contribution in [0.3, 0.4) is 0 Å². The number of halogens is 1. The van der Waals surface area contributed by atoms with Gasteiger partial charge in [-0.15, -0.1) is 0 Å². The van der Waals surface area contributed by atoms with Crippen molar-refractivity contribution in [3.8, 4) is 0 Å². The Morgan fingerprint density at radius 2 is 2.04 bits per heavy atom. The van der Waals surface area contributed by atoms with Crippen molar-refractivity contribution in [3.63, 3.8) is 0 Å². The standard InChI is InChI=1S/C16H21ClN4O2/c1-11(10-23-3)19-16(22)20-14(15-18-8-9-21(15)2)12-4-6-13(17)7-5-12/h4-9,11,14H,10H2,1-3H3,(H2,19,20,22)/t11-,14+/m0/s1. The Morgan fingerprint density at radius 3 is 2.61 bits per heavy atom. The fraction of sp³-hybridized carbons (Fsp3) is 0.375. The van der Waals surface area contributed by atoms with Gasteiger partial charge in [-0.2, -0.15) is 0 Å². The molecule has 2 N–H and O–H groups in total. The van der Waals surface area contributed by atoms with Gasteiger partial charge in [0.25, 0.3) is 0 Å². The van der Waals surface area contributed by atoms with Crippen molar-refractivity contribution in [1.82, 2.24) is 20.2 Å². The number of nitrogens with one attached hydrogen (secondary N) is 2. The molecule has 2 rings (SSSR count). The number of nitrogens with zero attached hydrogens (tertiary/aromatic N) is 2. The van der Waals surface area contributed by atoms with Crippen LogP contribution in [0, 0.1) is 0 Å². The number of imidazole rings is 1. The molecule has 0 aliphatic rings. The van der Waals surface area contributed by atoms with E-state index in [2.05, 4.69) is 15.6 Å². The van der Waals surface area contributed by atoms with E-state index in [1.807, 2.05) is 36.9 Å². The number of hydrogen-bond acceptors (Lipinski definition) is 3. The van der Waals surface area contributed by atoms with E-state index < -0.39 is 0 Å². The second kappa shape index (κ2) is 7.99. The van der Waals surface area contributed by atoms with Crippen molar-refractivity contribution < 1.29 is 9.53 Å². The largest absolute Gasteiger partial charge is 0.383 e. The Kier molecular flexibility index (Phi) is 6.01. The Balaban J connectivity index is 2.19. The van der Waals surface area contributed by atoms with Crippen LogP contribution in [0.25, 0.3) is 0 Å². The number of aromatic nitrogens is 2. The number of urea groups is 1. The summed E-state index contributed by atoms with van der Waals surface area (Å²) in [6.45, 7) is 2.32. The fourth-order valence-electron chi connectivity index (χ4n) is 2.30. The molecule has 0 aliphatic carbocycles. The third kappa shape index (κ3) is 4.71. The minimum Gasteiger partial charge on any atom is -0.383 e. The Bertz CT molecular complexity index is 642. The Hall–Kier alpha value is -2.05. The predicted molar refractivity (Wildman–Crippen MR) is 89.5 cm³/mol. The van der Waals surface area contributed by atoms with E-state index in [0.717, 1.165) is 11.4 Å². The monoisotopic (exact) mass is 336 g/mol. The minimum atomic E-state index is -0.373. The van der Waals surface area contributed by atoms with E-state index in [0.29, 0.717) is 11.6 Å². The Labute approximate surface area is 140 Å². The van der Waals surface area contributed by atoms with Gasteiger partial charge in [0.1, 0.15) is 11.9 Å². The van der Waals surface area contributed by atoms with Crippen LogP contribution >= 0.6 is 11.6 Å². The average molecular weight is 337 g/mol. The molecule has 0 radical (unpaired) electrons. The lowest BCUT2D eigenvalue weighted by molar-refractivity contribution is 0.170. The van der Waals surface area contributed by atoms with Gasteiger partial charge in [0.2, 0.25) is 0 Å². The van der Waals surface area contributed by atoms with E-state index in [-0.39, 0.29) is 18.1 Å². The highest BCUT2D eigenvalue weighted by atomic mass is 35.5. The first-order chi connectivity index (χ1) is 11.0. The van der Waals surface area contributed by atoms with E-state index in [1.165, 1.54) is 0 Å². The number of amides is 2. The quantitative estimate of drug-likeness (QED) is 0.851. The molecule has 124 valence electrons.